The third-order valence-electron chi connectivity index (χ3n) is 6.46. The topological polar surface area (TPSA) is 87.0 Å². The summed E-state index contributed by atoms with van der Waals surface area (Å²) in [5.41, 5.74) is 0. The molecular formula is C24H34O5S. The van der Waals surface area contributed by atoms with Gasteiger partial charge < -0.3 is 20.1 Å². The van der Waals surface area contributed by atoms with E-state index in [0.717, 1.165) is 42.4 Å². The van der Waals surface area contributed by atoms with Gasteiger partial charge in [0.2, 0.25) is 0 Å². The molecule has 1 fully saturated rings. The summed E-state index contributed by atoms with van der Waals surface area (Å²) in [5, 5.41) is 32.7. The van der Waals surface area contributed by atoms with E-state index in [9.17, 15) is 20.1 Å². The minimum atomic E-state index is -0.536. The minimum Gasteiger partial charge on any atom is -0.469 e. The number of benzene rings is 1. The van der Waals surface area contributed by atoms with Crippen molar-refractivity contribution in [3.05, 3.63) is 35.2 Å². The van der Waals surface area contributed by atoms with Crippen LogP contribution in [0, 0.1) is 11.8 Å². The molecule has 5 atom stereocenters. The van der Waals surface area contributed by atoms with Gasteiger partial charge in [-0.2, -0.15) is 0 Å². The Morgan fingerprint density at radius 3 is 2.53 bits per heavy atom. The Morgan fingerprint density at radius 2 is 1.80 bits per heavy atom. The molecule has 0 bridgehead atoms. The molecule has 1 aromatic carbocycles. The van der Waals surface area contributed by atoms with Crippen LogP contribution < -0.4 is 0 Å². The highest BCUT2D eigenvalue weighted by molar-refractivity contribution is 7.19. The van der Waals surface area contributed by atoms with Crippen LogP contribution >= 0.6 is 11.3 Å². The summed E-state index contributed by atoms with van der Waals surface area (Å²) >= 11 is 1.62. The van der Waals surface area contributed by atoms with Gasteiger partial charge in [0.25, 0.3) is 0 Å². The standard InChI is InChI=1S/C24H34O5S/c1-29-24(28)11-5-3-2-4-9-17-18(21(27)15-20(17)26)12-13-19(25)23-14-16-8-6-7-10-22(16)30-23/h6-8,10,14,17-21,25-27H,2-5,9,11-13,15H2,1H3. The molecule has 0 spiro atoms. The normalized spacial score (nSPS) is 24.9. The van der Waals surface area contributed by atoms with E-state index in [-0.39, 0.29) is 17.8 Å². The number of carbonyl (C=O) groups is 1. The number of aliphatic hydroxyl groups excluding tert-OH is 3. The van der Waals surface area contributed by atoms with Gasteiger partial charge >= 0.3 is 5.97 Å². The first kappa shape index (κ1) is 23.2. The molecule has 1 heterocycles. The Balaban J connectivity index is 1.46. The number of esters is 1. The van der Waals surface area contributed by atoms with Gasteiger partial charge in [-0.25, -0.2) is 0 Å². The second-order valence-electron chi connectivity index (χ2n) is 8.51. The molecule has 1 aromatic heterocycles. The number of unbranched alkanes of at least 4 members (excludes halogenated alkanes) is 3. The molecule has 0 aliphatic heterocycles. The van der Waals surface area contributed by atoms with Crippen LogP contribution in [0.4, 0.5) is 0 Å². The maximum atomic E-state index is 11.2. The average molecular weight is 435 g/mol. The number of rotatable bonds is 11. The minimum absolute atomic E-state index is 0.0269. The van der Waals surface area contributed by atoms with Crippen LogP contribution in [-0.2, 0) is 9.53 Å². The molecule has 5 nitrogen and oxygen atoms in total. The molecule has 3 rings (SSSR count). The Bertz CT molecular complexity index is 771. The molecule has 30 heavy (non-hydrogen) atoms. The lowest BCUT2D eigenvalue weighted by atomic mass is 9.84. The third kappa shape index (κ3) is 6.03. The summed E-state index contributed by atoms with van der Waals surface area (Å²) in [6.45, 7) is 0. The molecule has 6 heteroatoms. The summed E-state index contributed by atoms with van der Waals surface area (Å²) in [6.07, 6.45) is 5.33. The van der Waals surface area contributed by atoms with Gasteiger partial charge in [0.05, 0.1) is 25.4 Å². The van der Waals surface area contributed by atoms with Crippen molar-refractivity contribution in [3.63, 3.8) is 0 Å². The number of carbonyl (C=O) groups excluding carboxylic acids is 1. The maximum absolute atomic E-state index is 11.2. The van der Waals surface area contributed by atoms with E-state index < -0.39 is 18.3 Å². The number of hydrogen-bond donors (Lipinski definition) is 3. The van der Waals surface area contributed by atoms with Gasteiger partial charge in [0.15, 0.2) is 0 Å². The predicted octanol–water partition coefficient (Wildman–Crippen LogP) is 4.59. The van der Waals surface area contributed by atoms with Crippen LogP contribution in [0.5, 0.6) is 0 Å². The molecule has 1 aliphatic rings. The first-order chi connectivity index (χ1) is 14.5. The van der Waals surface area contributed by atoms with Gasteiger partial charge in [0, 0.05) is 16.0 Å². The van der Waals surface area contributed by atoms with Crippen molar-refractivity contribution in [1.82, 2.24) is 0 Å². The lowest BCUT2D eigenvalue weighted by Gasteiger charge is -2.24. The van der Waals surface area contributed by atoms with E-state index in [2.05, 4.69) is 22.9 Å². The molecule has 2 aromatic rings. The predicted molar refractivity (Wildman–Crippen MR) is 119 cm³/mol. The van der Waals surface area contributed by atoms with Gasteiger partial charge in [0.1, 0.15) is 0 Å². The third-order valence-corrected chi connectivity index (χ3v) is 7.68. The number of thiophene rings is 1. The summed E-state index contributed by atoms with van der Waals surface area (Å²) in [4.78, 5) is 12.1. The number of methoxy groups -OCH3 is 1. The largest absolute Gasteiger partial charge is 0.469 e. The van der Waals surface area contributed by atoms with Crippen molar-refractivity contribution in [3.8, 4) is 0 Å². The second kappa shape index (κ2) is 11.2. The van der Waals surface area contributed by atoms with Gasteiger partial charge in [-0.15, -0.1) is 11.3 Å². The fourth-order valence-electron chi connectivity index (χ4n) is 4.74. The quantitative estimate of drug-likeness (QED) is 0.356. The smallest absolute Gasteiger partial charge is 0.305 e. The maximum Gasteiger partial charge on any atom is 0.305 e. The zero-order valence-corrected chi connectivity index (χ0v) is 18.5. The van der Waals surface area contributed by atoms with E-state index in [4.69, 9.17) is 0 Å². The summed E-state index contributed by atoms with van der Waals surface area (Å²) in [7, 11) is 1.41. The van der Waals surface area contributed by atoms with E-state index in [1.807, 2.05) is 12.1 Å². The highest BCUT2D eigenvalue weighted by atomic mass is 32.1. The molecule has 1 saturated carbocycles. The summed E-state index contributed by atoms with van der Waals surface area (Å²) in [5.74, 6) is -0.0593. The van der Waals surface area contributed by atoms with Crippen molar-refractivity contribution in [2.24, 2.45) is 11.8 Å². The number of hydrogen-bond acceptors (Lipinski definition) is 6. The first-order valence-corrected chi connectivity index (χ1v) is 11.9. The van der Waals surface area contributed by atoms with Crippen LogP contribution in [0.3, 0.4) is 0 Å². The summed E-state index contributed by atoms with van der Waals surface area (Å²) in [6, 6.07) is 10.2. The van der Waals surface area contributed by atoms with Gasteiger partial charge in [-0.1, -0.05) is 37.5 Å². The number of aliphatic hydroxyl groups is 3. The van der Waals surface area contributed by atoms with Crippen LogP contribution in [-0.4, -0.2) is 40.6 Å². The lowest BCUT2D eigenvalue weighted by molar-refractivity contribution is -0.140. The van der Waals surface area contributed by atoms with Crippen molar-refractivity contribution in [1.29, 1.82) is 0 Å². The fourth-order valence-corrected chi connectivity index (χ4v) is 5.83. The Labute approximate surface area is 182 Å². The van der Waals surface area contributed by atoms with Gasteiger partial charge in [-0.3, -0.25) is 4.79 Å². The molecule has 0 radical (unpaired) electrons. The Hall–Kier alpha value is -1.47. The average Bonchev–Trinajstić information content (AvgIpc) is 3.29. The van der Waals surface area contributed by atoms with Crippen LogP contribution in [0.2, 0.25) is 0 Å². The Morgan fingerprint density at radius 1 is 1.10 bits per heavy atom. The van der Waals surface area contributed by atoms with E-state index in [0.29, 0.717) is 25.7 Å². The van der Waals surface area contributed by atoms with Crippen molar-refractivity contribution >= 4 is 27.4 Å². The van der Waals surface area contributed by atoms with Crippen LogP contribution in [0.25, 0.3) is 10.1 Å². The van der Waals surface area contributed by atoms with Crippen LogP contribution in [0.15, 0.2) is 30.3 Å². The zero-order valence-electron chi connectivity index (χ0n) is 17.7. The molecule has 0 amide bonds. The molecule has 166 valence electrons. The monoisotopic (exact) mass is 434 g/mol. The lowest BCUT2D eigenvalue weighted by Crippen LogP contribution is -2.23. The van der Waals surface area contributed by atoms with E-state index in [1.54, 1.807) is 11.3 Å². The number of fused-ring (bicyclic) bond motifs is 1. The van der Waals surface area contributed by atoms with Crippen molar-refractivity contribution in [2.45, 2.75) is 76.1 Å². The highest BCUT2D eigenvalue weighted by Crippen LogP contribution is 2.41. The molecule has 0 saturated heterocycles. The van der Waals surface area contributed by atoms with E-state index in [1.165, 1.54) is 11.8 Å². The molecule has 3 N–H and O–H groups in total. The zero-order chi connectivity index (χ0) is 21.5. The Kier molecular flexibility index (Phi) is 8.69. The SMILES string of the molecule is COC(=O)CCCCCCC1C(O)CC(O)C1CCC(O)c1cc2ccccc2s1. The molecule has 5 unspecified atom stereocenters. The highest BCUT2D eigenvalue weighted by Gasteiger charge is 2.40. The fraction of sp³-hybridized carbons (Fsp3) is 0.625. The van der Waals surface area contributed by atoms with Crippen molar-refractivity contribution < 1.29 is 24.9 Å². The van der Waals surface area contributed by atoms with Crippen LogP contribution in [0.1, 0.15) is 68.8 Å². The van der Waals surface area contributed by atoms with E-state index >= 15 is 0 Å². The molecular weight excluding hydrogens is 400 g/mol. The van der Waals surface area contributed by atoms with Crippen molar-refractivity contribution in [2.75, 3.05) is 7.11 Å². The first-order valence-electron chi connectivity index (χ1n) is 11.1. The van der Waals surface area contributed by atoms with Gasteiger partial charge in [-0.05, 0) is 61.5 Å². The number of ether oxygens (including phenoxy) is 1. The molecule has 1 aliphatic carbocycles. The second-order valence-corrected chi connectivity index (χ2v) is 9.62. The summed E-state index contributed by atoms with van der Waals surface area (Å²) < 4.78 is 5.83.